The number of thiophene rings is 1. The van der Waals surface area contributed by atoms with Crippen molar-refractivity contribution in [1.82, 2.24) is 9.97 Å². The van der Waals surface area contributed by atoms with Crippen molar-refractivity contribution < 1.29 is 0 Å². The highest BCUT2D eigenvalue weighted by Gasteiger charge is 2.18. The Morgan fingerprint density at radius 1 is 1.05 bits per heavy atom. The molecule has 1 N–H and O–H groups in total. The van der Waals surface area contributed by atoms with Gasteiger partial charge >= 0.3 is 0 Å². The van der Waals surface area contributed by atoms with Gasteiger partial charge in [0.1, 0.15) is 17.0 Å². The summed E-state index contributed by atoms with van der Waals surface area (Å²) in [6.45, 7) is 10.7. The second kappa shape index (κ2) is 5.36. The quantitative estimate of drug-likeness (QED) is 0.708. The number of nitrogens with zero attached hydrogens (tertiary/aromatic N) is 2. The minimum absolute atomic E-state index is 0.0389. The number of aromatic nitrogens is 2. The van der Waals surface area contributed by atoms with E-state index < -0.39 is 0 Å². The van der Waals surface area contributed by atoms with Crippen LogP contribution in [0.1, 0.15) is 31.9 Å². The zero-order valence-corrected chi connectivity index (χ0v) is 14.5. The molecule has 3 rings (SSSR count). The molecule has 0 aliphatic carbocycles. The molecule has 0 aliphatic heterocycles. The van der Waals surface area contributed by atoms with Crippen molar-refractivity contribution in [2.45, 2.75) is 40.2 Å². The van der Waals surface area contributed by atoms with Gasteiger partial charge in [-0.15, -0.1) is 11.3 Å². The number of aryl methyl sites for hydroxylation is 2. The molecular weight excluding hydrogens is 290 g/mol. The first kappa shape index (κ1) is 15.0. The first-order valence-corrected chi connectivity index (χ1v) is 8.31. The maximum Gasteiger partial charge on any atom is 0.139 e. The third-order valence-corrected chi connectivity index (χ3v) is 4.42. The summed E-state index contributed by atoms with van der Waals surface area (Å²) in [4.78, 5) is 9.94. The maximum atomic E-state index is 4.48. The van der Waals surface area contributed by atoms with Gasteiger partial charge in [-0.2, -0.15) is 0 Å². The average Bonchev–Trinajstić information content (AvgIpc) is 2.82. The number of nitrogens with one attached hydrogen (secondary N) is 1. The molecule has 3 aromatic rings. The number of hydrogen-bond acceptors (Lipinski definition) is 4. The molecule has 0 radical (unpaired) electrons. The van der Waals surface area contributed by atoms with Gasteiger partial charge in [0.25, 0.3) is 0 Å². The zero-order chi connectivity index (χ0) is 15.9. The van der Waals surface area contributed by atoms with Gasteiger partial charge in [0.05, 0.1) is 5.39 Å². The van der Waals surface area contributed by atoms with E-state index in [2.05, 4.69) is 73.5 Å². The van der Waals surface area contributed by atoms with Crippen LogP contribution in [0.25, 0.3) is 21.3 Å². The van der Waals surface area contributed by atoms with Crippen LogP contribution in [-0.2, 0) is 0 Å². The van der Waals surface area contributed by atoms with E-state index in [1.54, 1.807) is 17.7 Å². The van der Waals surface area contributed by atoms with Crippen molar-refractivity contribution in [1.29, 1.82) is 0 Å². The molecule has 114 valence electrons. The van der Waals surface area contributed by atoms with Crippen LogP contribution >= 0.6 is 11.3 Å². The topological polar surface area (TPSA) is 37.8 Å². The highest BCUT2D eigenvalue weighted by molar-refractivity contribution is 7.17. The summed E-state index contributed by atoms with van der Waals surface area (Å²) in [6.07, 6.45) is 1.64. The molecule has 0 amide bonds. The van der Waals surface area contributed by atoms with E-state index in [1.165, 1.54) is 22.3 Å². The monoisotopic (exact) mass is 311 g/mol. The number of hydrogen-bond donors (Lipinski definition) is 1. The van der Waals surface area contributed by atoms with Crippen LogP contribution in [0.2, 0.25) is 0 Å². The van der Waals surface area contributed by atoms with E-state index in [0.29, 0.717) is 0 Å². The number of rotatable bonds is 2. The van der Waals surface area contributed by atoms with Crippen LogP contribution in [0.15, 0.2) is 29.9 Å². The fourth-order valence-corrected chi connectivity index (χ4v) is 3.55. The lowest BCUT2D eigenvalue weighted by molar-refractivity contribution is 0.631. The normalized spacial score (nSPS) is 11.9. The van der Waals surface area contributed by atoms with E-state index in [-0.39, 0.29) is 5.54 Å². The van der Waals surface area contributed by atoms with E-state index in [9.17, 15) is 0 Å². The Balaban J connectivity index is 2.22. The lowest BCUT2D eigenvalue weighted by Crippen LogP contribution is -2.26. The molecule has 4 heteroatoms. The van der Waals surface area contributed by atoms with Gasteiger partial charge in [-0.05, 0) is 45.7 Å². The summed E-state index contributed by atoms with van der Waals surface area (Å²) >= 11 is 1.67. The van der Waals surface area contributed by atoms with Crippen molar-refractivity contribution in [3.63, 3.8) is 0 Å². The molecule has 3 nitrogen and oxygen atoms in total. The van der Waals surface area contributed by atoms with Crippen molar-refractivity contribution in [2.24, 2.45) is 0 Å². The first-order chi connectivity index (χ1) is 10.3. The predicted molar refractivity (Wildman–Crippen MR) is 95.7 cm³/mol. The highest BCUT2D eigenvalue weighted by Crippen LogP contribution is 2.38. The highest BCUT2D eigenvalue weighted by atomic mass is 32.1. The summed E-state index contributed by atoms with van der Waals surface area (Å²) in [5.74, 6) is 0.911. The largest absolute Gasteiger partial charge is 0.365 e. The Bertz CT molecular complexity index is 828. The fraction of sp³-hybridized carbons (Fsp3) is 0.333. The minimum atomic E-state index is -0.0389. The van der Waals surface area contributed by atoms with Crippen LogP contribution in [0.5, 0.6) is 0 Å². The maximum absolute atomic E-state index is 4.48. The Kier molecular flexibility index (Phi) is 3.65. The molecule has 0 spiro atoms. The molecule has 0 aliphatic rings. The summed E-state index contributed by atoms with van der Waals surface area (Å²) < 4.78 is 0. The first-order valence-electron chi connectivity index (χ1n) is 7.43. The molecule has 22 heavy (non-hydrogen) atoms. The van der Waals surface area contributed by atoms with E-state index in [0.717, 1.165) is 16.0 Å². The number of fused-ring (bicyclic) bond motifs is 1. The summed E-state index contributed by atoms with van der Waals surface area (Å²) in [6, 6.07) is 6.58. The van der Waals surface area contributed by atoms with Crippen molar-refractivity contribution in [3.05, 3.63) is 41.0 Å². The molecule has 0 fully saturated rings. The van der Waals surface area contributed by atoms with Gasteiger partial charge < -0.3 is 5.32 Å². The van der Waals surface area contributed by atoms with Gasteiger partial charge in [0.15, 0.2) is 0 Å². The summed E-state index contributed by atoms with van der Waals surface area (Å²) in [5, 5.41) is 6.81. The third kappa shape index (κ3) is 2.83. The predicted octanol–water partition coefficient (Wildman–Crippen LogP) is 5.19. The second-order valence-corrected chi connectivity index (χ2v) is 7.60. The molecule has 0 saturated heterocycles. The fourth-order valence-electron chi connectivity index (χ4n) is 2.64. The van der Waals surface area contributed by atoms with E-state index in [1.807, 2.05) is 0 Å². The zero-order valence-electron chi connectivity index (χ0n) is 13.7. The van der Waals surface area contributed by atoms with Gasteiger partial charge in [0, 0.05) is 16.5 Å². The lowest BCUT2D eigenvalue weighted by atomic mass is 9.98. The van der Waals surface area contributed by atoms with Gasteiger partial charge in [-0.25, -0.2) is 9.97 Å². The molecule has 0 bridgehead atoms. The van der Waals surface area contributed by atoms with Crippen LogP contribution < -0.4 is 5.32 Å². The van der Waals surface area contributed by atoms with E-state index >= 15 is 0 Å². The lowest BCUT2D eigenvalue weighted by Gasteiger charge is -2.22. The molecule has 0 unspecified atom stereocenters. The molecule has 0 atom stereocenters. The van der Waals surface area contributed by atoms with Crippen molar-refractivity contribution in [2.75, 3.05) is 5.32 Å². The molecule has 0 saturated carbocycles. The molecule has 2 heterocycles. The molecule has 1 aromatic carbocycles. The Hall–Kier alpha value is -1.94. The standard InChI is InChI=1S/C18H21N3S/c1-11-6-7-13(12(2)8-11)14-9-22-17-15(14)16(19-10-20-17)21-18(3,4)5/h6-10H,1-5H3,(H,19,20,21). The summed E-state index contributed by atoms with van der Waals surface area (Å²) in [5.41, 5.74) is 4.99. The number of benzene rings is 1. The van der Waals surface area contributed by atoms with Crippen molar-refractivity contribution >= 4 is 27.4 Å². The van der Waals surface area contributed by atoms with Crippen LogP contribution in [-0.4, -0.2) is 15.5 Å². The van der Waals surface area contributed by atoms with Crippen LogP contribution in [0.3, 0.4) is 0 Å². The van der Waals surface area contributed by atoms with Gasteiger partial charge in [0.2, 0.25) is 0 Å². The average molecular weight is 311 g/mol. The van der Waals surface area contributed by atoms with Gasteiger partial charge in [-0.3, -0.25) is 0 Å². The Morgan fingerprint density at radius 2 is 1.82 bits per heavy atom. The van der Waals surface area contributed by atoms with Crippen LogP contribution in [0, 0.1) is 13.8 Å². The molecular formula is C18H21N3S. The van der Waals surface area contributed by atoms with Crippen LogP contribution in [0.4, 0.5) is 5.82 Å². The minimum Gasteiger partial charge on any atom is -0.365 e. The second-order valence-electron chi connectivity index (χ2n) is 6.75. The number of anilines is 1. The van der Waals surface area contributed by atoms with Crippen molar-refractivity contribution in [3.8, 4) is 11.1 Å². The molecule has 2 aromatic heterocycles. The smallest absolute Gasteiger partial charge is 0.139 e. The third-order valence-electron chi connectivity index (χ3n) is 3.54. The summed E-state index contributed by atoms with van der Waals surface area (Å²) in [7, 11) is 0. The van der Waals surface area contributed by atoms with E-state index in [4.69, 9.17) is 0 Å². The van der Waals surface area contributed by atoms with Gasteiger partial charge in [-0.1, -0.05) is 23.8 Å². The SMILES string of the molecule is Cc1ccc(-c2csc3ncnc(NC(C)(C)C)c23)c(C)c1. The Morgan fingerprint density at radius 3 is 2.50 bits per heavy atom. The Labute approximate surface area is 135 Å².